The fraction of sp³-hybridized carbons (Fsp3) is 0.125. The number of nitrogens with one attached hydrogen (secondary N) is 2. The number of non-ortho nitro benzene ring substituents is 1. The molecule has 0 radical (unpaired) electrons. The molecule has 3 aromatic carbocycles. The van der Waals surface area contributed by atoms with E-state index < -0.39 is 20.8 Å². The smallest absolute Gasteiger partial charge is 0.270 e. The van der Waals surface area contributed by atoms with Gasteiger partial charge in [0.15, 0.2) is 0 Å². The van der Waals surface area contributed by atoms with Gasteiger partial charge >= 0.3 is 0 Å². The molecule has 0 aliphatic heterocycles. The molecule has 4 aromatic rings. The van der Waals surface area contributed by atoms with Gasteiger partial charge in [-0.05, 0) is 47.5 Å². The van der Waals surface area contributed by atoms with Gasteiger partial charge in [0.1, 0.15) is 12.4 Å². The predicted molar refractivity (Wildman–Crippen MR) is 127 cm³/mol. The number of nitro benzene ring substituents is 1. The van der Waals surface area contributed by atoms with Gasteiger partial charge in [0, 0.05) is 42.3 Å². The van der Waals surface area contributed by atoms with E-state index in [1.807, 2.05) is 0 Å². The van der Waals surface area contributed by atoms with Gasteiger partial charge in [-0.15, -0.1) is 0 Å². The monoisotopic (exact) mass is 496 g/mol. The van der Waals surface area contributed by atoms with Crippen molar-refractivity contribution in [3.63, 3.8) is 0 Å². The van der Waals surface area contributed by atoms with Crippen LogP contribution in [0.3, 0.4) is 0 Å². The second-order valence-electron chi connectivity index (χ2n) is 7.82. The van der Waals surface area contributed by atoms with Crippen molar-refractivity contribution in [1.82, 2.24) is 14.6 Å². The Labute approximate surface area is 200 Å². The lowest BCUT2D eigenvalue weighted by atomic mass is 10.2. The Hall–Kier alpha value is -4.09. The van der Waals surface area contributed by atoms with E-state index >= 15 is 0 Å². The van der Waals surface area contributed by atoms with Crippen molar-refractivity contribution in [2.24, 2.45) is 0 Å². The first-order valence-corrected chi connectivity index (χ1v) is 12.0. The van der Waals surface area contributed by atoms with E-state index in [-0.39, 0.29) is 36.1 Å². The number of hydrogen-bond donors (Lipinski definition) is 2. The second-order valence-corrected chi connectivity index (χ2v) is 9.59. The molecule has 1 heterocycles. The van der Waals surface area contributed by atoms with Crippen molar-refractivity contribution >= 4 is 32.5 Å². The molecule has 9 nitrogen and oxygen atoms in total. The first-order valence-electron chi connectivity index (χ1n) is 10.5. The molecule has 1 amide bonds. The lowest BCUT2D eigenvalue weighted by Gasteiger charge is -2.10. The van der Waals surface area contributed by atoms with Crippen LogP contribution in [0.1, 0.15) is 11.1 Å². The number of carbonyl (C=O) groups excluding carboxylic acids is 1. The van der Waals surface area contributed by atoms with E-state index in [2.05, 4.69) is 10.0 Å². The van der Waals surface area contributed by atoms with Gasteiger partial charge in [-0.2, -0.15) is 0 Å². The maximum Gasteiger partial charge on any atom is 0.270 e. The van der Waals surface area contributed by atoms with Gasteiger partial charge in [0.25, 0.3) is 5.69 Å². The standard InChI is InChI=1S/C24H21FN4O5S/c25-20-5-1-3-17(11-20)15-27-35(33,34)22-6-2-4-18(12-22)14-26-24(30)16-28-10-9-19-13-21(29(31)32)7-8-23(19)28/h1-13,27H,14-16H2,(H,26,30). The van der Waals surface area contributed by atoms with E-state index in [0.717, 1.165) is 0 Å². The molecule has 4 rings (SSSR count). The number of nitro groups is 1. The summed E-state index contributed by atoms with van der Waals surface area (Å²) in [5.41, 5.74) is 1.73. The fourth-order valence-electron chi connectivity index (χ4n) is 3.58. The maximum atomic E-state index is 13.3. The SMILES string of the molecule is O=C(Cn1ccc2cc([N+](=O)[O-])ccc21)NCc1cccc(S(=O)(=O)NCc2cccc(F)c2)c1. The highest BCUT2D eigenvalue weighted by molar-refractivity contribution is 7.89. The van der Waals surface area contributed by atoms with Crippen LogP contribution in [0.15, 0.2) is 83.9 Å². The number of fused-ring (bicyclic) bond motifs is 1. The van der Waals surface area contributed by atoms with Gasteiger partial charge < -0.3 is 9.88 Å². The number of hydrogen-bond acceptors (Lipinski definition) is 5. The van der Waals surface area contributed by atoms with Crippen LogP contribution in [0, 0.1) is 15.9 Å². The second kappa shape index (κ2) is 10.0. The lowest BCUT2D eigenvalue weighted by molar-refractivity contribution is -0.384. The molecule has 35 heavy (non-hydrogen) atoms. The van der Waals surface area contributed by atoms with Crippen molar-refractivity contribution in [3.05, 3.63) is 106 Å². The molecule has 0 unspecified atom stereocenters. The predicted octanol–water partition coefficient (Wildman–Crippen LogP) is 3.48. The molecule has 1 aromatic heterocycles. The van der Waals surface area contributed by atoms with Crippen molar-refractivity contribution < 1.29 is 22.5 Å². The zero-order chi connectivity index (χ0) is 25.0. The Bertz CT molecular complexity index is 1520. The van der Waals surface area contributed by atoms with Crippen LogP contribution in [0.2, 0.25) is 0 Å². The van der Waals surface area contributed by atoms with Gasteiger partial charge in [0.05, 0.1) is 9.82 Å². The summed E-state index contributed by atoms with van der Waals surface area (Å²) in [6, 6.07) is 17.9. The van der Waals surface area contributed by atoms with Crippen molar-refractivity contribution in [1.29, 1.82) is 0 Å². The molecule has 11 heteroatoms. The summed E-state index contributed by atoms with van der Waals surface area (Å²) in [5.74, 6) is -0.757. The number of sulfonamides is 1. The number of halogens is 1. The molecular formula is C24H21FN4O5S. The highest BCUT2D eigenvalue weighted by Gasteiger charge is 2.15. The Kier molecular flexibility index (Phi) is 6.90. The van der Waals surface area contributed by atoms with E-state index in [1.165, 1.54) is 42.5 Å². The van der Waals surface area contributed by atoms with Crippen LogP contribution in [0.25, 0.3) is 10.9 Å². The number of benzene rings is 3. The third kappa shape index (κ3) is 5.89. The lowest BCUT2D eigenvalue weighted by Crippen LogP contribution is -2.27. The average molecular weight is 497 g/mol. The summed E-state index contributed by atoms with van der Waals surface area (Å²) in [7, 11) is -3.84. The summed E-state index contributed by atoms with van der Waals surface area (Å²) in [6.07, 6.45) is 1.67. The minimum Gasteiger partial charge on any atom is -0.350 e. The average Bonchev–Trinajstić information content (AvgIpc) is 3.23. The molecule has 180 valence electrons. The Balaban J connectivity index is 1.37. The molecule has 0 saturated carbocycles. The Morgan fingerprint density at radius 2 is 1.71 bits per heavy atom. The topological polar surface area (TPSA) is 123 Å². The van der Waals surface area contributed by atoms with Crippen LogP contribution in [-0.4, -0.2) is 23.8 Å². The molecule has 0 aliphatic carbocycles. The number of carbonyl (C=O) groups is 1. The Morgan fingerprint density at radius 1 is 0.971 bits per heavy atom. The number of rotatable bonds is 9. The number of amides is 1. The van der Waals surface area contributed by atoms with Crippen LogP contribution >= 0.6 is 0 Å². The minimum absolute atomic E-state index is 0.00547. The molecule has 0 saturated heterocycles. The first kappa shape index (κ1) is 24.0. The summed E-state index contributed by atoms with van der Waals surface area (Å²) in [5, 5.41) is 14.3. The molecule has 0 aliphatic rings. The molecule has 0 atom stereocenters. The third-order valence-corrected chi connectivity index (χ3v) is 6.73. The van der Waals surface area contributed by atoms with Gasteiger partial charge in [-0.3, -0.25) is 14.9 Å². The molecule has 0 spiro atoms. The van der Waals surface area contributed by atoms with Crippen molar-refractivity contribution in [3.8, 4) is 0 Å². The van der Waals surface area contributed by atoms with Crippen molar-refractivity contribution in [2.45, 2.75) is 24.5 Å². The number of nitrogens with zero attached hydrogens (tertiary/aromatic N) is 2. The van der Waals surface area contributed by atoms with E-state index in [1.54, 1.807) is 41.1 Å². The summed E-state index contributed by atoms with van der Waals surface area (Å²) >= 11 is 0. The van der Waals surface area contributed by atoms with Crippen LogP contribution in [-0.2, 0) is 34.5 Å². The quantitative estimate of drug-likeness (QED) is 0.271. The van der Waals surface area contributed by atoms with E-state index in [9.17, 15) is 27.7 Å². The fourth-order valence-corrected chi connectivity index (χ4v) is 4.67. The first-order chi connectivity index (χ1) is 16.7. The highest BCUT2D eigenvalue weighted by atomic mass is 32.2. The van der Waals surface area contributed by atoms with Crippen LogP contribution < -0.4 is 10.0 Å². The molecule has 2 N–H and O–H groups in total. The van der Waals surface area contributed by atoms with E-state index in [4.69, 9.17) is 0 Å². The normalized spacial score (nSPS) is 11.5. The van der Waals surface area contributed by atoms with Crippen molar-refractivity contribution in [2.75, 3.05) is 0 Å². The van der Waals surface area contributed by atoms with Gasteiger partial charge in [0.2, 0.25) is 15.9 Å². The zero-order valence-corrected chi connectivity index (χ0v) is 19.2. The summed E-state index contributed by atoms with van der Waals surface area (Å²) in [6.45, 7) is 0.0420. The van der Waals surface area contributed by atoms with Gasteiger partial charge in [-0.1, -0.05) is 24.3 Å². The summed E-state index contributed by atoms with van der Waals surface area (Å²) < 4.78 is 42.7. The van der Waals surface area contributed by atoms with Gasteiger partial charge in [-0.25, -0.2) is 17.5 Å². The summed E-state index contributed by atoms with van der Waals surface area (Å²) in [4.78, 5) is 22.9. The maximum absolute atomic E-state index is 13.3. The van der Waals surface area contributed by atoms with Crippen LogP contribution in [0.5, 0.6) is 0 Å². The number of aromatic nitrogens is 1. The molecular weight excluding hydrogens is 475 g/mol. The van der Waals surface area contributed by atoms with Crippen LogP contribution in [0.4, 0.5) is 10.1 Å². The van der Waals surface area contributed by atoms with E-state index in [0.29, 0.717) is 22.0 Å². The minimum atomic E-state index is -3.84. The highest BCUT2D eigenvalue weighted by Crippen LogP contribution is 2.22. The molecule has 0 bridgehead atoms. The Morgan fingerprint density at radius 3 is 2.46 bits per heavy atom. The third-order valence-electron chi connectivity index (χ3n) is 5.33. The molecule has 0 fully saturated rings. The zero-order valence-electron chi connectivity index (χ0n) is 18.3. The largest absolute Gasteiger partial charge is 0.350 e.